The van der Waals surface area contributed by atoms with Gasteiger partial charge in [0.1, 0.15) is 5.52 Å². The zero-order valence-corrected chi connectivity index (χ0v) is 27.4. The van der Waals surface area contributed by atoms with E-state index in [4.69, 9.17) is 9.40 Å². The summed E-state index contributed by atoms with van der Waals surface area (Å²) in [4.78, 5) is 7.26. The van der Waals surface area contributed by atoms with Gasteiger partial charge in [-0.2, -0.15) is 0 Å². The van der Waals surface area contributed by atoms with Crippen LogP contribution in [-0.4, -0.2) is 4.98 Å². The molecule has 0 fully saturated rings. The largest absolute Gasteiger partial charge is 0.435 e. The molecule has 0 atom stereocenters. The molecule has 2 aromatic heterocycles. The van der Waals surface area contributed by atoms with Gasteiger partial charge in [0.15, 0.2) is 5.58 Å². The van der Waals surface area contributed by atoms with Crippen LogP contribution in [0.1, 0.15) is 25.0 Å². The lowest BCUT2D eigenvalue weighted by Gasteiger charge is -2.28. The summed E-state index contributed by atoms with van der Waals surface area (Å²) in [5, 5.41) is 4.80. The smallest absolute Gasteiger partial charge is 0.227 e. The first-order valence-corrected chi connectivity index (χ1v) is 17.2. The van der Waals surface area contributed by atoms with Gasteiger partial charge in [0.2, 0.25) is 5.89 Å². The Morgan fingerprint density at radius 1 is 0.562 bits per heavy atom. The van der Waals surface area contributed by atoms with Crippen LogP contribution >= 0.6 is 11.3 Å². The molecule has 48 heavy (non-hydrogen) atoms. The lowest BCUT2D eigenvalue weighted by molar-refractivity contribution is 0.623. The highest BCUT2D eigenvalue weighted by Crippen LogP contribution is 2.51. The van der Waals surface area contributed by atoms with Gasteiger partial charge in [0, 0.05) is 53.6 Å². The number of rotatable bonds is 4. The van der Waals surface area contributed by atoms with Gasteiger partial charge in [0.25, 0.3) is 0 Å². The van der Waals surface area contributed by atoms with E-state index >= 15 is 0 Å². The average molecular weight is 635 g/mol. The van der Waals surface area contributed by atoms with Crippen LogP contribution in [0.2, 0.25) is 0 Å². The molecule has 0 spiro atoms. The molecule has 0 aliphatic heterocycles. The maximum atomic E-state index is 6.40. The van der Waals surface area contributed by atoms with Gasteiger partial charge in [0.05, 0.1) is 0 Å². The highest BCUT2D eigenvalue weighted by molar-refractivity contribution is 7.25. The molecule has 7 aromatic carbocycles. The first-order valence-electron chi connectivity index (χ1n) is 16.4. The summed E-state index contributed by atoms with van der Waals surface area (Å²) >= 11 is 1.85. The lowest BCUT2D eigenvalue weighted by atomic mass is 9.82. The summed E-state index contributed by atoms with van der Waals surface area (Å²) in [6.45, 7) is 4.68. The Morgan fingerprint density at radius 2 is 1.25 bits per heavy atom. The van der Waals surface area contributed by atoms with E-state index in [-0.39, 0.29) is 5.41 Å². The SMILES string of the molecule is CC1(C)c2ccccc2-c2ccc(N(c3ccc(-c4nc5ccc6ccccc6c5o4)cc3)c3ccc4sc5ccccc5c4c3)cc21. The molecule has 0 unspecified atom stereocenters. The molecule has 9 aromatic rings. The third-order valence-corrected chi connectivity index (χ3v) is 11.2. The predicted molar refractivity (Wildman–Crippen MR) is 202 cm³/mol. The van der Waals surface area contributed by atoms with E-state index in [1.54, 1.807) is 0 Å². The Labute approximate surface area is 282 Å². The highest BCUT2D eigenvalue weighted by atomic mass is 32.1. The van der Waals surface area contributed by atoms with Crippen LogP contribution in [0.25, 0.3) is 64.6 Å². The summed E-state index contributed by atoms with van der Waals surface area (Å²) in [6.07, 6.45) is 0. The van der Waals surface area contributed by atoms with E-state index in [2.05, 4.69) is 152 Å². The minimum Gasteiger partial charge on any atom is -0.435 e. The molecule has 0 bridgehead atoms. The fourth-order valence-electron chi connectivity index (χ4n) is 7.66. The molecule has 0 amide bonds. The van der Waals surface area contributed by atoms with Gasteiger partial charge in [-0.25, -0.2) is 4.98 Å². The predicted octanol–water partition coefficient (Wildman–Crippen LogP) is 12.8. The quantitative estimate of drug-likeness (QED) is 0.193. The Hall–Kier alpha value is -5.71. The molecule has 1 aliphatic rings. The van der Waals surface area contributed by atoms with E-state index in [1.165, 1.54) is 42.4 Å². The molecule has 2 heterocycles. The van der Waals surface area contributed by atoms with Crippen molar-refractivity contribution < 1.29 is 4.42 Å². The minimum absolute atomic E-state index is 0.0951. The monoisotopic (exact) mass is 634 g/mol. The van der Waals surface area contributed by atoms with Gasteiger partial charge in [-0.05, 0) is 94.4 Å². The molecule has 1 aliphatic carbocycles. The van der Waals surface area contributed by atoms with Crippen molar-refractivity contribution in [3.05, 3.63) is 157 Å². The van der Waals surface area contributed by atoms with E-state index < -0.39 is 0 Å². The first kappa shape index (κ1) is 27.4. The number of nitrogens with zero attached hydrogens (tertiary/aromatic N) is 2. The number of hydrogen-bond donors (Lipinski definition) is 0. The summed E-state index contributed by atoms with van der Waals surface area (Å²) in [7, 11) is 0. The Kier molecular flexibility index (Phi) is 5.79. The second-order valence-electron chi connectivity index (χ2n) is 13.2. The third kappa shape index (κ3) is 4.03. The average Bonchev–Trinajstić information content (AvgIpc) is 3.80. The molecule has 0 N–H and O–H groups in total. The fraction of sp³-hybridized carbons (Fsp3) is 0.0682. The zero-order chi connectivity index (χ0) is 32.0. The Balaban J connectivity index is 1.12. The molecule has 0 radical (unpaired) electrons. The standard InChI is InChI=1S/C44H30N2OS/c1-44(2)37-13-7-5-11-33(37)34-22-20-31(26-38(34)44)46(30-21-24-41-36(25-30)35-12-6-8-14-40(35)48-41)29-18-15-28(16-19-29)43-45-39-23-17-27-9-3-4-10-32(27)42(39)47-43/h3-26H,1-2H3. The fourth-order valence-corrected chi connectivity index (χ4v) is 8.75. The number of hydrogen-bond acceptors (Lipinski definition) is 4. The third-order valence-electron chi connectivity index (χ3n) is 10.1. The lowest BCUT2D eigenvalue weighted by Crippen LogP contribution is -2.16. The van der Waals surface area contributed by atoms with Crippen molar-refractivity contribution in [2.24, 2.45) is 0 Å². The van der Waals surface area contributed by atoms with Gasteiger partial charge in [-0.1, -0.05) is 92.7 Å². The van der Waals surface area contributed by atoms with Crippen LogP contribution < -0.4 is 4.90 Å². The number of fused-ring (bicyclic) bond motifs is 9. The normalized spacial score (nSPS) is 13.4. The minimum atomic E-state index is -0.0951. The molecule has 10 rings (SSSR count). The van der Waals surface area contributed by atoms with Gasteiger partial charge >= 0.3 is 0 Å². The van der Waals surface area contributed by atoms with Crippen LogP contribution in [0.3, 0.4) is 0 Å². The number of thiophene rings is 1. The first-order chi connectivity index (χ1) is 23.5. The van der Waals surface area contributed by atoms with Crippen LogP contribution in [0, 0.1) is 0 Å². The van der Waals surface area contributed by atoms with Gasteiger partial charge in [-0.15, -0.1) is 11.3 Å². The molecule has 0 saturated heterocycles. The van der Waals surface area contributed by atoms with Crippen molar-refractivity contribution in [1.82, 2.24) is 4.98 Å². The molecular formula is C44H30N2OS. The van der Waals surface area contributed by atoms with Crippen molar-refractivity contribution in [2.75, 3.05) is 4.90 Å². The van der Waals surface area contributed by atoms with Crippen molar-refractivity contribution in [1.29, 1.82) is 0 Å². The Bertz CT molecular complexity index is 2710. The van der Waals surface area contributed by atoms with Crippen molar-refractivity contribution >= 4 is 70.4 Å². The Morgan fingerprint density at radius 3 is 2.15 bits per heavy atom. The van der Waals surface area contributed by atoms with Crippen molar-refractivity contribution in [2.45, 2.75) is 19.3 Å². The van der Waals surface area contributed by atoms with Crippen LogP contribution in [0.15, 0.2) is 150 Å². The number of oxazole rings is 1. The number of anilines is 3. The maximum Gasteiger partial charge on any atom is 0.227 e. The topological polar surface area (TPSA) is 29.3 Å². The highest BCUT2D eigenvalue weighted by Gasteiger charge is 2.35. The summed E-state index contributed by atoms with van der Waals surface area (Å²) in [6, 6.07) is 52.4. The van der Waals surface area contributed by atoms with E-state index in [9.17, 15) is 0 Å². The summed E-state index contributed by atoms with van der Waals surface area (Å²) in [5.74, 6) is 0.627. The van der Waals surface area contributed by atoms with E-state index in [1.807, 2.05) is 23.5 Å². The van der Waals surface area contributed by atoms with Gasteiger partial charge < -0.3 is 9.32 Å². The van der Waals surface area contributed by atoms with E-state index in [0.717, 1.165) is 44.5 Å². The van der Waals surface area contributed by atoms with Crippen LogP contribution in [-0.2, 0) is 5.41 Å². The molecule has 3 nitrogen and oxygen atoms in total. The number of aromatic nitrogens is 1. The zero-order valence-electron chi connectivity index (χ0n) is 26.6. The van der Waals surface area contributed by atoms with E-state index in [0.29, 0.717) is 5.89 Å². The molecule has 228 valence electrons. The van der Waals surface area contributed by atoms with Crippen LogP contribution in [0.4, 0.5) is 17.1 Å². The number of benzene rings is 7. The molecular weight excluding hydrogens is 605 g/mol. The van der Waals surface area contributed by atoms with Gasteiger partial charge in [-0.3, -0.25) is 0 Å². The van der Waals surface area contributed by atoms with Crippen molar-refractivity contribution in [3.63, 3.8) is 0 Å². The summed E-state index contributed by atoms with van der Waals surface area (Å²) < 4.78 is 9.00. The second-order valence-corrected chi connectivity index (χ2v) is 14.3. The molecule has 4 heteroatoms. The van der Waals surface area contributed by atoms with Crippen LogP contribution in [0.5, 0.6) is 0 Å². The van der Waals surface area contributed by atoms with Crippen molar-refractivity contribution in [3.8, 4) is 22.6 Å². The molecule has 0 saturated carbocycles. The summed E-state index contributed by atoms with van der Waals surface area (Å²) in [5.41, 5.74) is 11.3. The maximum absolute atomic E-state index is 6.40. The second kappa shape index (κ2) is 10.1.